The van der Waals surface area contributed by atoms with Crippen molar-refractivity contribution in [1.29, 1.82) is 0 Å². The van der Waals surface area contributed by atoms with E-state index in [0.717, 1.165) is 12.1 Å². The van der Waals surface area contributed by atoms with E-state index in [1.807, 2.05) is 0 Å². The molecular weight excluding hydrogens is 378 g/mol. The lowest BCUT2D eigenvalue weighted by molar-refractivity contribution is 0.0918. The average Bonchev–Trinajstić information content (AvgIpc) is 2.61. The summed E-state index contributed by atoms with van der Waals surface area (Å²) in [5.41, 5.74) is -1.10. The second-order valence-electron chi connectivity index (χ2n) is 7.98. The van der Waals surface area contributed by atoms with Gasteiger partial charge < -0.3 is 10.2 Å². The van der Waals surface area contributed by atoms with E-state index >= 15 is 0 Å². The summed E-state index contributed by atoms with van der Waals surface area (Å²) in [6.45, 7) is 5.36. The first-order valence-corrected chi connectivity index (χ1v) is 8.99. The van der Waals surface area contributed by atoms with Gasteiger partial charge in [0, 0.05) is 31.9 Å². The first kappa shape index (κ1) is 20.4. The molecule has 0 aliphatic heterocycles. The van der Waals surface area contributed by atoms with Gasteiger partial charge in [-0.3, -0.25) is 14.2 Å². The number of anilines is 1. The standard InChI is InChI=1S/C21H22F2N4O2/c1-21(2,3)25-20(29)14-11-27(16-8-6-12(22)10-15(16)23)19-13(18(14)28)7-9-17(24-19)26(4)5/h6-11H,1-5H3,(H,25,29). The highest BCUT2D eigenvalue weighted by atomic mass is 19.1. The molecule has 1 N–H and O–H groups in total. The number of carbonyl (C=O) groups excluding carboxylic acids is 1. The molecule has 0 fully saturated rings. The second-order valence-corrected chi connectivity index (χ2v) is 7.98. The monoisotopic (exact) mass is 400 g/mol. The van der Waals surface area contributed by atoms with Crippen molar-refractivity contribution in [2.75, 3.05) is 19.0 Å². The second kappa shape index (κ2) is 7.27. The van der Waals surface area contributed by atoms with Gasteiger partial charge in [-0.15, -0.1) is 0 Å². The smallest absolute Gasteiger partial charge is 0.257 e. The van der Waals surface area contributed by atoms with Crippen LogP contribution in [-0.4, -0.2) is 35.1 Å². The SMILES string of the molecule is CN(C)c1ccc2c(=O)c(C(=O)NC(C)(C)C)cn(-c3ccc(F)cc3F)c2n1. The highest BCUT2D eigenvalue weighted by molar-refractivity contribution is 5.97. The summed E-state index contributed by atoms with van der Waals surface area (Å²) in [5, 5.41) is 2.89. The Morgan fingerprint density at radius 3 is 2.41 bits per heavy atom. The summed E-state index contributed by atoms with van der Waals surface area (Å²) in [5.74, 6) is -1.61. The van der Waals surface area contributed by atoms with Gasteiger partial charge in [-0.25, -0.2) is 13.8 Å². The highest BCUT2D eigenvalue weighted by Crippen LogP contribution is 2.22. The molecule has 0 aliphatic carbocycles. The molecule has 152 valence electrons. The van der Waals surface area contributed by atoms with Crippen LogP contribution < -0.4 is 15.6 Å². The van der Waals surface area contributed by atoms with Crippen LogP contribution in [0, 0.1) is 11.6 Å². The predicted molar refractivity (Wildman–Crippen MR) is 109 cm³/mol. The Bertz CT molecular complexity index is 1160. The number of rotatable bonds is 3. The molecule has 29 heavy (non-hydrogen) atoms. The lowest BCUT2D eigenvalue weighted by atomic mass is 10.1. The first-order chi connectivity index (χ1) is 13.5. The molecule has 6 nitrogen and oxygen atoms in total. The molecular formula is C21H22F2N4O2. The van der Waals surface area contributed by atoms with Gasteiger partial charge in [-0.2, -0.15) is 0 Å². The minimum absolute atomic E-state index is 0.0235. The Balaban J connectivity index is 2.36. The molecule has 8 heteroatoms. The van der Waals surface area contributed by atoms with Crippen molar-refractivity contribution in [2.45, 2.75) is 26.3 Å². The molecule has 0 atom stereocenters. The van der Waals surface area contributed by atoms with Crippen LogP contribution in [0.15, 0.2) is 41.3 Å². The predicted octanol–water partition coefficient (Wildman–Crippen LogP) is 3.26. The molecule has 0 saturated heterocycles. The van der Waals surface area contributed by atoms with Gasteiger partial charge in [0.2, 0.25) is 5.43 Å². The molecule has 0 aliphatic rings. The Kier molecular flexibility index (Phi) is 5.13. The first-order valence-electron chi connectivity index (χ1n) is 8.99. The fourth-order valence-electron chi connectivity index (χ4n) is 2.87. The zero-order valence-corrected chi connectivity index (χ0v) is 16.9. The Labute approximate surface area is 166 Å². The number of nitrogens with zero attached hydrogens (tertiary/aromatic N) is 3. The summed E-state index contributed by atoms with van der Waals surface area (Å²) in [7, 11) is 3.56. The molecule has 3 rings (SSSR count). The maximum atomic E-state index is 14.5. The number of halogens is 2. The number of hydrogen-bond donors (Lipinski definition) is 1. The minimum Gasteiger partial charge on any atom is -0.363 e. The van der Waals surface area contributed by atoms with Crippen LogP contribution in [0.3, 0.4) is 0 Å². The quantitative estimate of drug-likeness (QED) is 0.733. The van der Waals surface area contributed by atoms with Crippen LogP contribution in [0.2, 0.25) is 0 Å². The topological polar surface area (TPSA) is 67.2 Å². The van der Waals surface area contributed by atoms with E-state index in [9.17, 15) is 18.4 Å². The Hall–Kier alpha value is -3.29. The minimum atomic E-state index is -0.839. The summed E-state index contributed by atoms with van der Waals surface area (Å²) < 4.78 is 29.3. The molecule has 0 saturated carbocycles. The van der Waals surface area contributed by atoms with Crippen molar-refractivity contribution in [3.63, 3.8) is 0 Å². The largest absolute Gasteiger partial charge is 0.363 e. The molecule has 3 aromatic rings. The Morgan fingerprint density at radius 1 is 1.14 bits per heavy atom. The average molecular weight is 400 g/mol. The molecule has 0 radical (unpaired) electrons. The number of nitrogens with one attached hydrogen (secondary N) is 1. The van der Waals surface area contributed by atoms with Crippen molar-refractivity contribution in [2.24, 2.45) is 0 Å². The molecule has 2 aromatic heterocycles. The van der Waals surface area contributed by atoms with Crippen molar-refractivity contribution < 1.29 is 13.6 Å². The number of benzene rings is 1. The van der Waals surface area contributed by atoms with Crippen molar-refractivity contribution >= 4 is 22.8 Å². The van der Waals surface area contributed by atoms with Gasteiger partial charge in [0.25, 0.3) is 5.91 Å². The Morgan fingerprint density at radius 2 is 1.83 bits per heavy atom. The maximum absolute atomic E-state index is 14.5. The molecule has 0 spiro atoms. The van der Waals surface area contributed by atoms with Gasteiger partial charge >= 0.3 is 0 Å². The van der Waals surface area contributed by atoms with Crippen LogP contribution >= 0.6 is 0 Å². The van der Waals surface area contributed by atoms with Gasteiger partial charge in [0.05, 0.1) is 11.1 Å². The molecule has 0 unspecified atom stereocenters. The number of carbonyl (C=O) groups is 1. The maximum Gasteiger partial charge on any atom is 0.257 e. The van der Waals surface area contributed by atoms with Crippen LogP contribution in [0.1, 0.15) is 31.1 Å². The lowest BCUT2D eigenvalue weighted by Crippen LogP contribution is -2.42. The summed E-state index contributed by atoms with van der Waals surface area (Å²) in [6, 6.07) is 6.27. The number of pyridine rings is 2. The molecule has 0 bridgehead atoms. The van der Waals surface area contributed by atoms with E-state index in [1.54, 1.807) is 51.9 Å². The van der Waals surface area contributed by atoms with E-state index in [0.29, 0.717) is 5.82 Å². The third-order valence-electron chi connectivity index (χ3n) is 4.20. The van der Waals surface area contributed by atoms with E-state index < -0.39 is 28.5 Å². The zero-order valence-electron chi connectivity index (χ0n) is 16.9. The zero-order chi connectivity index (χ0) is 21.5. The van der Waals surface area contributed by atoms with Crippen molar-refractivity contribution in [3.05, 3.63) is 63.9 Å². The number of amides is 1. The van der Waals surface area contributed by atoms with Crippen LogP contribution in [0.4, 0.5) is 14.6 Å². The normalized spacial score (nSPS) is 11.6. The molecule has 2 heterocycles. The van der Waals surface area contributed by atoms with Gasteiger partial charge in [-0.1, -0.05) is 0 Å². The highest BCUT2D eigenvalue weighted by Gasteiger charge is 2.22. The number of hydrogen-bond acceptors (Lipinski definition) is 4. The fourth-order valence-corrected chi connectivity index (χ4v) is 2.87. The summed E-state index contributed by atoms with van der Waals surface area (Å²) in [6.07, 6.45) is 1.24. The van der Waals surface area contributed by atoms with E-state index in [1.165, 1.54) is 16.8 Å². The number of fused-ring (bicyclic) bond motifs is 1. The van der Waals surface area contributed by atoms with Crippen LogP contribution in [0.5, 0.6) is 0 Å². The summed E-state index contributed by atoms with van der Waals surface area (Å²) >= 11 is 0. The fraction of sp³-hybridized carbons (Fsp3) is 0.286. The van der Waals surface area contributed by atoms with Gasteiger partial charge in [0.1, 0.15) is 23.0 Å². The van der Waals surface area contributed by atoms with Crippen LogP contribution in [0.25, 0.3) is 16.7 Å². The summed E-state index contributed by atoms with van der Waals surface area (Å²) in [4.78, 5) is 31.9. The van der Waals surface area contributed by atoms with E-state index in [-0.39, 0.29) is 22.3 Å². The van der Waals surface area contributed by atoms with E-state index in [2.05, 4.69) is 10.3 Å². The number of aromatic nitrogens is 2. The lowest BCUT2D eigenvalue weighted by Gasteiger charge is -2.21. The van der Waals surface area contributed by atoms with E-state index in [4.69, 9.17) is 0 Å². The third kappa shape index (κ3) is 4.11. The van der Waals surface area contributed by atoms with Crippen LogP contribution in [-0.2, 0) is 0 Å². The van der Waals surface area contributed by atoms with Crippen molar-refractivity contribution in [1.82, 2.24) is 14.9 Å². The van der Waals surface area contributed by atoms with Crippen molar-refractivity contribution in [3.8, 4) is 5.69 Å². The third-order valence-corrected chi connectivity index (χ3v) is 4.20. The molecule has 1 amide bonds. The van der Waals surface area contributed by atoms with Gasteiger partial charge in [-0.05, 0) is 45.0 Å². The molecule has 1 aromatic carbocycles. The van der Waals surface area contributed by atoms with Gasteiger partial charge in [0.15, 0.2) is 5.65 Å².